The Morgan fingerprint density at radius 3 is 2.58 bits per heavy atom. The Morgan fingerprint density at radius 1 is 1.04 bits per heavy atom. The summed E-state index contributed by atoms with van der Waals surface area (Å²) in [6.07, 6.45) is 3.39. The van der Waals surface area contributed by atoms with E-state index in [0.717, 1.165) is 31.5 Å². The monoisotopic (exact) mass is 372 g/mol. The minimum atomic E-state index is -0.269. The summed E-state index contributed by atoms with van der Waals surface area (Å²) in [6, 6.07) is 10.9. The molecule has 3 nitrogen and oxygen atoms in total. The van der Waals surface area contributed by atoms with E-state index >= 15 is 0 Å². The molecule has 2 aromatic rings. The number of carbonyl (C=O) groups is 1. The van der Waals surface area contributed by atoms with Crippen LogP contribution in [-0.4, -0.2) is 41.9 Å². The average Bonchev–Trinajstić information content (AvgIpc) is 3.12. The van der Waals surface area contributed by atoms with Gasteiger partial charge < -0.3 is 4.90 Å². The Labute approximate surface area is 158 Å². The number of halogens is 2. The van der Waals surface area contributed by atoms with Crippen LogP contribution in [0.25, 0.3) is 0 Å². The summed E-state index contributed by atoms with van der Waals surface area (Å²) in [7, 11) is 0. The molecule has 1 amide bonds. The molecule has 0 N–H and O–H groups in total. The molecule has 0 saturated carbocycles. The highest BCUT2D eigenvalue weighted by Gasteiger charge is 2.24. The highest BCUT2D eigenvalue weighted by Crippen LogP contribution is 2.24. The lowest BCUT2D eigenvalue weighted by molar-refractivity contribution is 0.0627. The van der Waals surface area contributed by atoms with Crippen LogP contribution in [0.1, 0.15) is 33.5 Å². The molecule has 2 aromatic carbocycles. The van der Waals surface area contributed by atoms with E-state index < -0.39 is 0 Å². The van der Waals surface area contributed by atoms with Crippen molar-refractivity contribution in [3.8, 4) is 0 Å². The number of piperazine rings is 1. The smallest absolute Gasteiger partial charge is 0.253 e. The number of rotatable bonds is 3. The third-order valence-electron chi connectivity index (χ3n) is 5.45. The van der Waals surface area contributed by atoms with Gasteiger partial charge in [0.2, 0.25) is 0 Å². The first-order chi connectivity index (χ1) is 12.6. The van der Waals surface area contributed by atoms with E-state index in [1.54, 1.807) is 12.1 Å². The average molecular weight is 373 g/mol. The van der Waals surface area contributed by atoms with Gasteiger partial charge in [-0.3, -0.25) is 9.69 Å². The number of hydrogen-bond acceptors (Lipinski definition) is 2. The minimum Gasteiger partial charge on any atom is -0.336 e. The van der Waals surface area contributed by atoms with Crippen molar-refractivity contribution in [1.29, 1.82) is 0 Å². The zero-order valence-corrected chi connectivity index (χ0v) is 15.4. The van der Waals surface area contributed by atoms with Crippen LogP contribution in [0, 0.1) is 5.82 Å². The van der Waals surface area contributed by atoms with E-state index in [9.17, 15) is 9.18 Å². The van der Waals surface area contributed by atoms with Crippen molar-refractivity contribution in [2.45, 2.75) is 25.8 Å². The lowest BCUT2D eigenvalue weighted by Gasteiger charge is -2.35. The quantitative estimate of drug-likeness (QED) is 0.815. The summed E-state index contributed by atoms with van der Waals surface area (Å²) < 4.78 is 14.0. The molecule has 1 fully saturated rings. The minimum absolute atomic E-state index is 0.100. The lowest BCUT2D eigenvalue weighted by atomic mass is 10.1. The number of carbonyl (C=O) groups excluding carboxylic acids is 1. The molecule has 1 heterocycles. The maximum Gasteiger partial charge on any atom is 0.253 e. The molecule has 1 aliphatic heterocycles. The molecule has 1 aliphatic carbocycles. The molecule has 0 atom stereocenters. The summed E-state index contributed by atoms with van der Waals surface area (Å²) in [5.74, 6) is -0.169. The van der Waals surface area contributed by atoms with Crippen molar-refractivity contribution < 1.29 is 9.18 Å². The Morgan fingerprint density at radius 2 is 1.81 bits per heavy atom. The third kappa shape index (κ3) is 3.49. The van der Waals surface area contributed by atoms with Crippen LogP contribution in [-0.2, 0) is 19.4 Å². The highest BCUT2D eigenvalue weighted by atomic mass is 35.5. The maximum atomic E-state index is 14.0. The number of benzene rings is 2. The number of fused-ring (bicyclic) bond motifs is 1. The van der Waals surface area contributed by atoms with E-state index in [2.05, 4.69) is 17.0 Å². The zero-order chi connectivity index (χ0) is 18.1. The van der Waals surface area contributed by atoms with E-state index in [1.807, 2.05) is 11.0 Å². The first-order valence-electron chi connectivity index (χ1n) is 9.18. The lowest BCUT2D eigenvalue weighted by Crippen LogP contribution is -2.48. The maximum absolute atomic E-state index is 14.0. The molecule has 1 saturated heterocycles. The molecule has 4 rings (SSSR count). The predicted molar refractivity (Wildman–Crippen MR) is 101 cm³/mol. The van der Waals surface area contributed by atoms with Crippen molar-refractivity contribution in [3.63, 3.8) is 0 Å². The number of nitrogens with zero attached hydrogens (tertiary/aromatic N) is 2. The van der Waals surface area contributed by atoms with E-state index in [1.165, 1.54) is 23.6 Å². The Bertz CT molecular complexity index is 811. The summed E-state index contributed by atoms with van der Waals surface area (Å²) in [4.78, 5) is 16.8. The van der Waals surface area contributed by atoms with Crippen molar-refractivity contribution in [2.24, 2.45) is 0 Å². The van der Waals surface area contributed by atoms with Gasteiger partial charge in [-0.05, 0) is 54.7 Å². The predicted octanol–water partition coefficient (Wildman–Crippen LogP) is 3.93. The fraction of sp³-hybridized carbons (Fsp3) is 0.381. The van der Waals surface area contributed by atoms with Gasteiger partial charge in [-0.15, -0.1) is 0 Å². The van der Waals surface area contributed by atoms with E-state index in [-0.39, 0.29) is 11.7 Å². The van der Waals surface area contributed by atoms with Crippen LogP contribution in [0.4, 0.5) is 4.39 Å². The van der Waals surface area contributed by atoms with E-state index in [0.29, 0.717) is 30.2 Å². The van der Waals surface area contributed by atoms with Gasteiger partial charge in [0.05, 0.1) is 0 Å². The molecule has 2 aliphatic rings. The van der Waals surface area contributed by atoms with Gasteiger partial charge >= 0.3 is 0 Å². The molecular weight excluding hydrogens is 351 g/mol. The Hall–Kier alpha value is -1.91. The molecule has 0 aromatic heterocycles. The second kappa shape index (κ2) is 7.37. The standard InChI is InChI=1S/C21H22ClFN2O/c22-19-5-2-6-20(23)18(19)14-24-9-11-25(12-10-24)21(26)17-8-7-15-3-1-4-16(15)13-17/h2,5-8,13H,1,3-4,9-12,14H2. The van der Waals surface area contributed by atoms with Crippen LogP contribution in [0.5, 0.6) is 0 Å². The van der Waals surface area contributed by atoms with Gasteiger partial charge in [-0.1, -0.05) is 23.7 Å². The Kier molecular flexibility index (Phi) is 4.96. The normalized spacial score (nSPS) is 17.4. The van der Waals surface area contributed by atoms with Crippen molar-refractivity contribution in [2.75, 3.05) is 26.2 Å². The molecule has 136 valence electrons. The van der Waals surface area contributed by atoms with Gasteiger partial charge in [0.25, 0.3) is 5.91 Å². The van der Waals surface area contributed by atoms with Gasteiger partial charge in [0.1, 0.15) is 5.82 Å². The topological polar surface area (TPSA) is 23.6 Å². The van der Waals surface area contributed by atoms with Crippen LogP contribution >= 0.6 is 11.6 Å². The third-order valence-corrected chi connectivity index (χ3v) is 5.80. The van der Waals surface area contributed by atoms with Crippen molar-refractivity contribution in [3.05, 3.63) is 69.5 Å². The molecule has 0 bridgehead atoms. The fourth-order valence-electron chi connectivity index (χ4n) is 3.90. The Balaban J connectivity index is 1.38. The highest BCUT2D eigenvalue weighted by molar-refractivity contribution is 6.31. The van der Waals surface area contributed by atoms with Gasteiger partial charge in [-0.25, -0.2) is 4.39 Å². The van der Waals surface area contributed by atoms with Crippen LogP contribution in [0.15, 0.2) is 36.4 Å². The first kappa shape index (κ1) is 17.5. The van der Waals surface area contributed by atoms with Crippen LogP contribution in [0.2, 0.25) is 5.02 Å². The largest absolute Gasteiger partial charge is 0.336 e. The molecule has 0 unspecified atom stereocenters. The van der Waals surface area contributed by atoms with Crippen LogP contribution in [0.3, 0.4) is 0 Å². The second-order valence-electron chi connectivity index (χ2n) is 7.11. The number of amides is 1. The summed E-state index contributed by atoms with van der Waals surface area (Å²) >= 11 is 6.12. The molecule has 26 heavy (non-hydrogen) atoms. The molecule has 5 heteroatoms. The van der Waals surface area contributed by atoms with Crippen molar-refractivity contribution >= 4 is 17.5 Å². The van der Waals surface area contributed by atoms with E-state index in [4.69, 9.17) is 11.6 Å². The SMILES string of the molecule is O=C(c1ccc2c(c1)CCC2)N1CCN(Cc2c(F)cccc2Cl)CC1. The van der Waals surface area contributed by atoms with Gasteiger partial charge in [-0.2, -0.15) is 0 Å². The second-order valence-corrected chi connectivity index (χ2v) is 7.51. The summed E-state index contributed by atoms with van der Waals surface area (Å²) in [5.41, 5.74) is 4.03. The van der Waals surface area contributed by atoms with Crippen LogP contribution < -0.4 is 0 Å². The fourth-order valence-corrected chi connectivity index (χ4v) is 4.13. The van der Waals surface area contributed by atoms with Gasteiger partial charge in [0.15, 0.2) is 0 Å². The summed E-state index contributed by atoms with van der Waals surface area (Å²) in [6.45, 7) is 3.24. The first-order valence-corrected chi connectivity index (χ1v) is 9.56. The molecule has 0 radical (unpaired) electrons. The summed E-state index contributed by atoms with van der Waals surface area (Å²) in [5, 5.41) is 0.460. The number of hydrogen-bond donors (Lipinski definition) is 0. The zero-order valence-electron chi connectivity index (χ0n) is 14.7. The molecule has 0 spiro atoms. The number of aryl methyl sites for hydroxylation is 2. The van der Waals surface area contributed by atoms with Crippen molar-refractivity contribution in [1.82, 2.24) is 9.80 Å². The molecular formula is C21H22ClFN2O. The van der Waals surface area contributed by atoms with Gasteiger partial charge in [0, 0.05) is 48.9 Å².